The van der Waals surface area contributed by atoms with E-state index in [1.807, 2.05) is 0 Å². The molecule has 0 aliphatic carbocycles. The fourth-order valence-electron chi connectivity index (χ4n) is 1.58. The first-order valence-corrected chi connectivity index (χ1v) is 6.25. The minimum atomic E-state index is -0.946. The second kappa shape index (κ2) is 6.27. The maximum absolute atomic E-state index is 11.6. The number of carbonyl (C=O) groups is 2. The second-order valence-corrected chi connectivity index (χ2v) is 5.43. The molecular weight excluding hydrogens is 260 g/mol. The standard InChI is InChI=1S/C14H20N2O4/c1-14(2,3)20-13(19)16-10(12(15)18)8-9-6-4-5-7-11(9)17/h4-7,10,17H,8H2,1-3H3,(H2,15,18)(H,16,19). The fourth-order valence-corrected chi connectivity index (χ4v) is 1.58. The van der Waals surface area contributed by atoms with Crippen molar-refractivity contribution in [1.82, 2.24) is 5.32 Å². The fraction of sp³-hybridized carbons (Fsp3) is 0.429. The molecule has 2 amide bonds. The molecule has 20 heavy (non-hydrogen) atoms. The van der Waals surface area contributed by atoms with E-state index in [0.29, 0.717) is 5.56 Å². The Morgan fingerprint density at radius 3 is 2.45 bits per heavy atom. The van der Waals surface area contributed by atoms with Gasteiger partial charge < -0.3 is 20.9 Å². The van der Waals surface area contributed by atoms with Crippen LogP contribution in [0.5, 0.6) is 5.75 Å². The summed E-state index contributed by atoms with van der Waals surface area (Å²) in [6.45, 7) is 5.15. The first-order valence-electron chi connectivity index (χ1n) is 6.25. The Labute approximate surface area is 117 Å². The maximum Gasteiger partial charge on any atom is 0.408 e. The van der Waals surface area contributed by atoms with Crippen molar-refractivity contribution in [3.05, 3.63) is 29.8 Å². The lowest BCUT2D eigenvalue weighted by Gasteiger charge is -2.22. The van der Waals surface area contributed by atoms with Crippen molar-refractivity contribution in [2.75, 3.05) is 0 Å². The molecule has 0 saturated heterocycles. The zero-order chi connectivity index (χ0) is 15.3. The van der Waals surface area contributed by atoms with Crippen LogP contribution in [0.2, 0.25) is 0 Å². The van der Waals surface area contributed by atoms with E-state index in [0.717, 1.165) is 0 Å². The van der Waals surface area contributed by atoms with E-state index < -0.39 is 23.6 Å². The van der Waals surface area contributed by atoms with Gasteiger partial charge in [0.05, 0.1) is 0 Å². The molecule has 6 nitrogen and oxygen atoms in total. The quantitative estimate of drug-likeness (QED) is 0.774. The first-order chi connectivity index (χ1) is 9.19. The Morgan fingerprint density at radius 1 is 1.35 bits per heavy atom. The smallest absolute Gasteiger partial charge is 0.408 e. The summed E-state index contributed by atoms with van der Waals surface area (Å²) in [6.07, 6.45) is -0.627. The van der Waals surface area contributed by atoms with E-state index in [9.17, 15) is 14.7 Å². The number of ether oxygens (including phenoxy) is 1. The number of hydrogen-bond donors (Lipinski definition) is 3. The van der Waals surface area contributed by atoms with Crippen LogP contribution in [0.4, 0.5) is 4.79 Å². The molecule has 0 aliphatic heterocycles. The van der Waals surface area contributed by atoms with Gasteiger partial charge in [-0.2, -0.15) is 0 Å². The van der Waals surface area contributed by atoms with Gasteiger partial charge in [0, 0.05) is 6.42 Å². The number of phenols is 1. The highest BCUT2D eigenvalue weighted by molar-refractivity contribution is 5.84. The molecule has 0 aromatic heterocycles. The molecule has 0 radical (unpaired) electrons. The van der Waals surface area contributed by atoms with Crippen LogP contribution in [-0.2, 0) is 16.0 Å². The molecule has 110 valence electrons. The lowest BCUT2D eigenvalue weighted by molar-refractivity contribution is -0.120. The van der Waals surface area contributed by atoms with Crippen LogP contribution in [-0.4, -0.2) is 28.7 Å². The number of para-hydroxylation sites is 1. The summed E-state index contributed by atoms with van der Waals surface area (Å²) < 4.78 is 5.07. The molecule has 6 heteroatoms. The SMILES string of the molecule is CC(C)(C)OC(=O)NC(Cc1ccccc1O)C(N)=O. The normalized spacial score (nSPS) is 12.6. The molecule has 0 aliphatic rings. The van der Waals surface area contributed by atoms with E-state index in [1.165, 1.54) is 6.07 Å². The largest absolute Gasteiger partial charge is 0.508 e. The van der Waals surface area contributed by atoms with E-state index in [1.54, 1.807) is 39.0 Å². The summed E-state index contributed by atoms with van der Waals surface area (Å²) in [4.78, 5) is 23.0. The van der Waals surface area contributed by atoms with Crippen molar-refractivity contribution in [2.45, 2.75) is 38.8 Å². The summed E-state index contributed by atoms with van der Waals surface area (Å²) in [5.74, 6) is -0.649. The van der Waals surface area contributed by atoms with Gasteiger partial charge in [-0.15, -0.1) is 0 Å². The van der Waals surface area contributed by atoms with Crippen molar-refractivity contribution in [3.8, 4) is 5.75 Å². The molecule has 0 saturated carbocycles. The molecule has 1 unspecified atom stereocenters. The number of nitrogens with two attached hydrogens (primary N) is 1. The summed E-state index contributed by atoms with van der Waals surface area (Å²) in [6, 6.07) is 5.60. The van der Waals surface area contributed by atoms with E-state index in [4.69, 9.17) is 10.5 Å². The number of rotatable bonds is 4. The summed E-state index contributed by atoms with van der Waals surface area (Å²) in [5.41, 5.74) is 5.11. The third kappa shape index (κ3) is 5.17. The molecule has 0 spiro atoms. The minimum absolute atomic E-state index is 0.0461. The number of nitrogens with one attached hydrogen (secondary N) is 1. The average Bonchev–Trinajstić information content (AvgIpc) is 2.28. The van der Waals surface area contributed by atoms with Crippen molar-refractivity contribution in [2.24, 2.45) is 5.73 Å². The Bertz CT molecular complexity index is 494. The van der Waals surface area contributed by atoms with E-state index in [-0.39, 0.29) is 12.2 Å². The van der Waals surface area contributed by atoms with E-state index in [2.05, 4.69) is 5.32 Å². The summed E-state index contributed by atoms with van der Waals surface area (Å²) in [5, 5.41) is 12.1. The van der Waals surface area contributed by atoms with Crippen molar-refractivity contribution in [1.29, 1.82) is 0 Å². The molecule has 0 fully saturated rings. The third-order valence-electron chi connectivity index (χ3n) is 2.45. The number of alkyl carbamates (subject to hydrolysis) is 1. The van der Waals surface area contributed by atoms with Crippen LogP contribution in [0.25, 0.3) is 0 Å². The van der Waals surface area contributed by atoms with Gasteiger partial charge in [-0.3, -0.25) is 4.79 Å². The predicted molar refractivity (Wildman–Crippen MR) is 74.2 cm³/mol. The van der Waals surface area contributed by atoms with Gasteiger partial charge in [0.15, 0.2) is 0 Å². The van der Waals surface area contributed by atoms with Gasteiger partial charge >= 0.3 is 6.09 Å². The highest BCUT2D eigenvalue weighted by Crippen LogP contribution is 2.17. The van der Waals surface area contributed by atoms with Gasteiger partial charge in [-0.25, -0.2) is 4.79 Å². The Morgan fingerprint density at radius 2 is 1.95 bits per heavy atom. The molecule has 0 bridgehead atoms. The summed E-state index contributed by atoms with van der Waals surface area (Å²) in [7, 11) is 0. The molecule has 1 atom stereocenters. The molecular formula is C14H20N2O4. The number of aromatic hydroxyl groups is 1. The zero-order valence-corrected chi connectivity index (χ0v) is 11.8. The van der Waals surface area contributed by atoms with Crippen LogP contribution in [0, 0.1) is 0 Å². The zero-order valence-electron chi connectivity index (χ0n) is 11.8. The van der Waals surface area contributed by atoms with Crippen molar-refractivity contribution < 1.29 is 19.4 Å². The number of primary amides is 1. The van der Waals surface area contributed by atoms with Crippen LogP contribution < -0.4 is 11.1 Å². The number of carbonyl (C=O) groups excluding carboxylic acids is 2. The van der Waals surface area contributed by atoms with E-state index >= 15 is 0 Å². The van der Waals surface area contributed by atoms with Gasteiger partial charge in [-0.1, -0.05) is 18.2 Å². The highest BCUT2D eigenvalue weighted by Gasteiger charge is 2.23. The topological polar surface area (TPSA) is 102 Å². The molecule has 1 rings (SSSR count). The van der Waals surface area contributed by atoms with Crippen molar-refractivity contribution >= 4 is 12.0 Å². The average molecular weight is 280 g/mol. The molecule has 1 aromatic rings. The lowest BCUT2D eigenvalue weighted by Crippen LogP contribution is -2.47. The minimum Gasteiger partial charge on any atom is -0.508 e. The molecule has 0 heterocycles. The number of hydrogen-bond acceptors (Lipinski definition) is 4. The second-order valence-electron chi connectivity index (χ2n) is 5.43. The van der Waals surface area contributed by atoms with Gasteiger partial charge in [0.2, 0.25) is 5.91 Å². The van der Waals surface area contributed by atoms with Gasteiger partial charge in [0.25, 0.3) is 0 Å². The van der Waals surface area contributed by atoms with Gasteiger partial charge in [-0.05, 0) is 32.4 Å². The highest BCUT2D eigenvalue weighted by atomic mass is 16.6. The number of benzene rings is 1. The van der Waals surface area contributed by atoms with Crippen LogP contribution >= 0.6 is 0 Å². The number of amides is 2. The first kappa shape index (κ1) is 15.8. The Kier molecular flexibility index (Phi) is 4.96. The third-order valence-corrected chi connectivity index (χ3v) is 2.45. The molecule has 1 aromatic carbocycles. The van der Waals surface area contributed by atoms with Crippen LogP contribution in [0.15, 0.2) is 24.3 Å². The Hall–Kier alpha value is -2.24. The Balaban J connectivity index is 2.74. The summed E-state index contributed by atoms with van der Waals surface area (Å²) >= 11 is 0. The molecule has 4 N–H and O–H groups in total. The van der Waals surface area contributed by atoms with Crippen LogP contribution in [0.1, 0.15) is 26.3 Å². The van der Waals surface area contributed by atoms with Crippen LogP contribution in [0.3, 0.4) is 0 Å². The van der Waals surface area contributed by atoms with Crippen molar-refractivity contribution in [3.63, 3.8) is 0 Å². The predicted octanol–water partition coefficient (Wildman–Crippen LogP) is 1.31. The maximum atomic E-state index is 11.6. The lowest BCUT2D eigenvalue weighted by atomic mass is 10.0. The monoisotopic (exact) mass is 280 g/mol. The van der Waals surface area contributed by atoms with Gasteiger partial charge in [0.1, 0.15) is 17.4 Å². The number of phenolic OH excluding ortho intramolecular Hbond substituents is 1.